The van der Waals surface area contributed by atoms with Crippen molar-refractivity contribution in [1.29, 1.82) is 0 Å². The molecule has 0 unspecified atom stereocenters. The molecule has 0 bridgehead atoms. The molecule has 0 saturated carbocycles. The van der Waals surface area contributed by atoms with Crippen molar-refractivity contribution < 1.29 is 18.6 Å². The van der Waals surface area contributed by atoms with Crippen LogP contribution in [-0.4, -0.2) is 34.0 Å². The lowest BCUT2D eigenvalue weighted by Gasteiger charge is -2.16. The first-order valence-corrected chi connectivity index (χ1v) is 6.76. The van der Waals surface area contributed by atoms with Crippen molar-refractivity contribution in [3.63, 3.8) is 0 Å². The van der Waals surface area contributed by atoms with Crippen LogP contribution in [-0.2, 0) is 6.54 Å². The Bertz CT molecular complexity index is 385. The van der Waals surface area contributed by atoms with E-state index in [9.17, 15) is 4.39 Å². The molecule has 0 aromatic heterocycles. The molecule has 114 valence electrons. The predicted molar refractivity (Wildman–Crippen MR) is 77.6 cm³/mol. The van der Waals surface area contributed by atoms with Crippen LogP contribution in [0.2, 0.25) is 0 Å². The lowest BCUT2D eigenvalue weighted by Crippen LogP contribution is -2.19. The number of hydrogen-bond acceptors (Lipinski definition) is 4. The number of alkyl halides is 1. The largest absolute Gasteiger partial charge is 0.493 e. The third-order valence-electron chi connectivity index (χ3n) is 2.73. The number of hydrogen-bond donors (Lipinski definition) is 1. The fourth-order valence-electron chi connectivity index (χ4n) is 1.82. The molecule has 0 heterocycles. The van der Waals surface area contributed by atoms with E-state index < -0.39 is 6.67 Å². The van der Waals surface area contributed by atoms with Gasteiger partial charge in [-0.15, -0.1) is 0 Å². The molecular formula is C15H24FNO3. The van der Waals surface area contributed by atoms with E-state index in [1.165, 1.54) is 0 Å². The SMILES string of the molecule is COc1cc(CNCC(C)C)cc(OC)c1OCCF. The smallest absolute Gasteiger partial charge is 0.203 e. The van der Waals surface area contributed by atoms with Crippen LogP contribution >= 0.6 is 0 Å². The number of ether oxygens (including phenoxy) is 3. The van der Waals surface area contributed by atoms with Crippen LogP contribution < -0.4 is 19.5 Å². The molecule has 0 atom stereocenters. The zero-order chi connectivity index (χ0) is 15.0. The summed E-state index contributed by atoms with van der Waals surface area (Å²) in [5.74, 6) is 2.14. The third kappa shape index (κ3) is 4.89. The highest BCUT2D eigenvalue weighted by Crippen LogP contribution is 2.38. The first-order chi connectivity index (χ1) is 9.62. The summed E-state index contributed by atoms with van der Waals surface area (Å²) in [6.07, 6.45) is 0. The van der Waals surface area contributed by atoms with Gasteiger partial charge in [0.25, 0.3) is 0 Å². The molecule has 4 nitrogen and oxygen atoms in total. The lowest BCUT2D eigenvalue weighted by molar-refractivity contribution is 0.247. The Balaban J connectivity index is 2.87. The van der Waals surface area contributed by atoms with Crippen LogP contribution in [0.3, 0.4) is 0 Å². The van der Waals surface area contributed by atoms with E-state index >= 15 is 0 Å². The van der Waals surface area contributed by atoms with Gasteiger partial charge < -0.3 is 19.5 Å². The molecule has 1 aromatic carbocycles. The maximum atomic E-state index is 12.3. The van der Waals surface area contributed by atoms with Crippen LogP contribution in [0.1, 0.15) is 19.4 Å². The Hall–Kier alpha value is -1.49. The van der Waals surface area contributed by atoms with Gasteiger partial charge in [0.1, 0.15) is 13.3 Å². The summed E-state index contributed by atoms with van der Waals surface area (Å²) in [6, 6.07) is 3.76. The van der Waals surface area contributed by atoms with Gasteiger partial charge in [-0.05, 0) is 30.2 Å². The quantitative estimate of drug-likeness (QED) is 0.757. The van der Waals surface area contributed by atoms with E-state index in [-0.39, 0.29) is 6.61 Å². The zero-order valence-electron chi connectivity index (χ0n) is 12.7. The Labute approximate surface area is 120 Å². The van der Waals surface area contributed by atoms with Gasteiger partial charge in [-0.1, -0.05) is 13.8 Å². The Kier molecular flexibility index (Phi) is 7.15. The molecule has 5 heteroatoms. The second-order valence-electron chi connectivity index (χ2n) is 4.89. The monoisotopic (exact) mass is 285 g/mol. The first-order valence-electron chi connectivity index (χ1n) is 6.76. The lowest BCUT2D eigenvalue weighted by atomic mass is 10.1. The van der Waals surface area contributed by atoms with E-state index in [0.717, 1.165) is 12.1 Å². The van der Waals surface area contributed by atoms with Crippen LogP contribution in [0.4, 0.5) is 4.39 Å². The molecule has 0 fully saturated rings. The van der Waals surface area contributed by atoms with Crippen LogP contribution in [0, 0.1) is 5.92 Å². The maximum absolute atomic E-state index is 12.3. The standard InChI is InChI=1S/C15H24FNO3/c1-11(2)9-17-10-12-7-13(18-3)15(20-6-5-16)14(8-12)19-4/h7-8,11,17H,5-6,9-10H2,1-4H3. The molecule has 1 N–H and O–H groups in total. The number of rotatable bonds is 9. The Morgan fingerprint density at radius 2 is 1.75 bits per heavy atom. The Morgan fingerprint density at radius 1 is 1.15 bits per heavy atom. The third-order valence-corrected chi connectivity index (χ3v) is 2.73. The summed E-state index contributed by atoms with van der Waals surface area (Å²) >= 11 is 0. The van der Waals surface area contributed by atoms with Gasteiger partial charge in [0, 0.05) is 6.54 Å². The number of halogens is 1. The van der Waals surface area contributed by atoms with Gasteiger partial charge in [-0.25, -0.2) is 4.39 Å². The predicted octanol–water partition coefficient (Wildman–Crippen LogP) is 2.80. The van der Waals surface area contributed by atoms with Crippen molar-refractivity contribution in [3.05, 3.63) is 17.7 Å². The first kappa shape index (κ1) is 16.6. The molecule has 1 aromatic rings. The minimum Gasteiger partial charge on any atom is -0.493 e. The average Bonchev–Trinajstić information content (AvgIpc) is 2.44. The topological polar surface area (TPSA) is 39.7 Å². The van der Waals surface area contributed by atoms with Crippen molar-refractivity contribution in [2.75, 3.05) is 34.0 Å². The van der Waals surface area contributed by atoms with Gasteiger partial charge in [0.15, 0.2) is 11.5 Å². The summed E-state index contributed by atoms with van der Waals surface area (Å²) < 4.78 is 28.2. The summed E-state index contributed by atoms with van der Waals surface area (Å²) in [6.45, 7) is 5.39. The normalized spacial score (nSPS) is 10.7. The zero-order valence-corrected chi connectivity index (χ0v) is 12.7. The molecule has 0 radical (unpaired) electrons. The molecule has 20 heavy (non-hydrogen) atoms. The summed E-state index contributed by atoms with van der Waals surface area (Å²) in [7, 11) is 3.12. The maximum Gasteiger partial charge on any atom is 0.203 e. The highest BCUT2D eigenvalue weighted by atomic mass is 19.1. The van der Waals surface area contributed by atoms with Crippen LogP contribution in [0.25, 0.3) is 0 Å². The molecule has 1 rings (SSSR count). The van der Waals surface area contributed by atoms with Crippen LogP contribution in [0.5, 0.6) is 17.2 Å². The molecular weight excluding hydrogens is 261 g/mol. The van der Waals surface area contributed by atoms with Gasteiger partial charge in [0.2, 0.25) is 5.75 Å². The van der Waals surface area contributed by atoms with Gasteiger partial charge in [-0.3, -0.25) is 0 Å². The highest BCUT2D eigenvalue weighted by molar-refractivity contribution is 5.53. The summed E-state index contributed by atoms with van der Waals surface area (Å²) in [5, 5.41) is 3.35. The number of benzene rings is 1. The molecule has 0 saturated heterocycles. The van der Waals surface area contributed by atoms with E-state index in [1.54, 1.807) is 14.2 Å². The van der Waals surface area contributed by atoms with E-state index in [4.69, 9.17) is 14.2 Å². The Morgan fingerprint density at radius 3 is 2.20 bits per heavy atom. The molecule has 0 aliphatic carbocycles. The van der Waals surface area contributed by atoms with Gasteiger partial charge in [-0.2, -0.15) is 0 Å². The van der Waals surface area contributed by atoms with Crippen molar-refractivity contribution in [1.82, 2.24) is 5.32 Å². The second-order valence-corrected chi connectivity index (χ2v) is 4.89. The molecule has 0 aliphatic rings. The number of nitrogens with one attached hydrogen (secondary N) is 1. The van der Waals surface area contributed by atoms with Crippen molar-refractivity contribution >= 4 is 0 Å². The fourth-order valence-corrected chi connectivity index (χ4v) is 1.82. The second kappa shape index (κ2) is 8.64. The van der Waals surface area contributed by atoms with Crippen LogP contribution in [0.15, 0.2) is 12.1 Å². The summed E-state index contributed by atoms with van der Waals surface area (Å²) in [5.41, 5.74) is 1.03. The minimum atomic E-state index is -0.552. The molecule has 0 spiro atoms. The number of methoxy groups -OCH3 is 2. The van der Waals surface area contributed by atoms with Crippen molar-refractivity contribution in [2.45, 2.75) is 20.4 Å². The summed E-state index contributed by atoms with van der Waals surface area (Å²) in [4.78, 5) is 0. The van der Waals surface area contributed by atoms with Gasteiger partial charge in [0.05, 0.1) is 14.2 Å². The minimum absolute atomic E-state index is 0.0162. The van der Waals surface area contributed by atoms with Crippen molar-refractivity contribution in [3.8, 4) is 17.2 Å². The molecule has 0 aliphatic heterocycles. The highest BCUT2D eigenvalue weighted by Gasteiger charge is 2.14. The van der Waals surface area contributed by atoms with Crippen molar-refractivity contribution in [2.24, 2.45) is 5.92 Å². The van der Waals surface area contributed by atoms with E-state index in [2.05, 4.69) is 19.2 Å². The van der Waals surface area contributed by atoms with Gasteiger partial charge >= 0.3 is 0 Å². The fraction of sp³-hybridized carbons (Fsp3) is 0.600. The molecule has 0 amide bonds. The average molecular weight is 285 g/mol. The van der Waals surface area contributed by atoms with E-state index in [0.29, 0.717) is 29.7 Å². The van der Waals surface area contributed by atoms with E-state index in [1.807, 2.05) is 12.1 Å².